The van der Waals surface area contributed by atoms with Gasteiger partial charge in [-0.1, -0.05) is 29.3 Å². The van der Waals surface area contributed by atoms with Crippen molar-refractivity contribution >= 4 is 23.2 Å². The highest BCUT2D eigenvalue weighted by Crippen LogP contribution is 2.45. The average molecular weight is 436 g/mol. The lowest BCUT2D eigenvalue weighted by molar-refractivity contribution is -0.0588. The minimum Gasteiger partial charge on any atom is -0.487 e. The van der Waals surface area contributed by atoms with Crippen molar-refractivity contribution in [2.75, 3.05) is 19.6 Å². The van der Waals surface area contributed by atoms with Crippen LogP contribution in [0.15, 0.2) is 30.3 Å². The molecule has 4 rings (SSSR count). The van der Waals surface area contributed by atoms with Crippen molar-refractivity contribution in [2.24, 2.45) is 0 Å². The van der Waals surface area contributed by atoms with E-state index in [1.807, 2.05) is 12.1 Å². The summed E-state index contributed by atoms with van der Waals surface area (Å²) in [6.07, 6.45) is 1.15. The SMILES string of the molecule is Cc1cc2c(cc1C)[C@@H](O)CC1(CCN(C[C@H](O)c3ccc(Cl)c(Cl)c3)CC1)O2. The summed E-state index contributed by atoms with van der Waals surface area (Å²) in [7, 11) is 0. The van der Waals surface area contributed by atoms with Gasteiger partial charge in [0, 0.05) is 31.6 Å². The molecule has 1 fully saturated rings. The Hall–Kier alpha value is -1.30. The maximum Gasteiger partial charge on any atom is 0.126 e. The van der Waals surface area contributed by atoms with Gasteiger partial charge in [-0.25, -0.2) is 0 Å². The van der Waals surface area contributed by atoms with Gasteiger partial charge in [0.15, 0.2) is 0 Å². The number of nitrogens with zero attached hydrogens (tertiary/aromatic N) is 1. The van der Waals surface area contributed by atoms with Crippen molar-refractivity contribution in [3.8, 4) is 5.75 Å². The van der Waals surface area contributed by atoms with Gasteiger partial charge in [-0.15, -0.1) is 0 Å². The summed E-state index contributed by atoms with van der Waals surface area (Å²) in [5.41, 5.74) is 3.68. The summed E-state index contributed by atoms with van der Waals surface area (Å²) in [6.45, 7) is 6.28. The third-order valence-corrected chi connectivity index (χ3v) is 7.14. The number of hydrogen-bond acceptors (Lipinski definition) is 4. The lowest BCUT2D eigenvalue weighted by Crippen LogP contribution is -2.51. The molecule has 0 aromatic heterocycles. The van der Waals surface area contributed by atoms with Crippen LogP contribution in [0.3, 0.4) is 0 Å². The third-order valence-electron chi connectivity index (χ3n) is 6.40. The van der Waals surface area contributed by atoms with Gasteiger partial charge in [0.2, 0.25) is 0 Å². The van der Waals surface area contributed by atoms with E-state index in [9.17, 15) is 10.2 Å². The van der Waals surface area contributed by atoms with E-state index in [1.54, 1.807) is 12.1 Å². The Morgan fingerprint density at radius 2 is 1.79 bits per heavy atom. The van der Waals surface area contributed by atoms with Crippen LogP contribution in [0, 0.1) is 13.8 Å². The smallest absolute Gasteiger partial charge is 0.126 e. The van der Waals surface area contributed by atoms with Crippen LogP contribution in [0.1, 0.15) is 53.7 Å². The van der Waals surface area contributed by atoms with Crippen LogP contribution in [-0.2, 0) is 0 Å². The first-order valence-electron chi connectivity index (χ1n) is 10.1. The van der Waals surface area contributed by atoms with Crippen LogP contribution in [-0.4, -0.2) is 40.3 Å². The first-order chi connectivity index (χ1) is 13.8. The number of fused-ring (bicyclic) bond motifs is 1. The molecule has 0 amide bonds. The number of aliphatic hydroxyl groups excluding tert-OH is 2. The molecule has 0 unspecified atom stereocenters. The van der Waals surface area contributed by atoms with Gasteiger partial charge in [0.1, 0.15) is 11.4 Å². The summed E-state index contributed by atoms with van der Waals surface area (Å²) in [4.78, 5) is 2.24. The highest BCUT2D eigenvalue weighted by Gasteiger charge is 2.43. The molecule has 2 atom stereocenters. The van der Waals surface area contributed by atoms with Crippen LogP contribution in [0.25, 0.3) is 0 Å². The Labute approximate surface area is 182 Å². The topological polar surface area (TPSA) is 52.9 Å². The molecule has 0 aliphatic carbocycles. The standard InChI is InChI=1S/C23H27Cl2NO3/c1-14-9-17-20(27)12-23(29-22(17)10-15(14)2)5-7-26(8-6-23)13-21(28)16-3-4-18(24)19(25)11-16/h3-4,9-11,20-21,27-28H,5-8,12-13H2,1-2H3/t20-,21-/m0/s1. The van der Waals surface area contributed by atoms with Crippen LogP contribution in [0.5, 0.6) is 5.75 Å². The van der Waals surface area contributed by atoms with Crippen molar-refractivity contribution in [3.05, 3.63) is 62.6 Å². The second-order valence-electron chi connectivity index (χ2n) is 8.47. The van der Waals surface area contributed by atoms with Gasteiger partial charge in [-0.2, -0.15) is 0 Å². The van der Waals surface area contributed by atoms with E-state index >= 15 is 0 Å². The predicted molar refractivity (Wildman–Crippen MR) is 116 cm³/mol. The number of halogens is 2. The summed E-state index contributed by atoms with van der Waals surface area (Å²) in [5.74, 6) is 0.816. The fraction of sp³-hybridized carbons (Fsp3) is 0.478. The maximum atomic E-state index is 10.7. The monoisotopic (exact) mass is 435 g/mol. The van der Waals surface area contributed by atoms with Crippen molar-refractivity contribution in [1.29, 1.82) is 0 Å². The number of piperidine rings is 1. The minimum atomic E-state index is -0.622. The van der Waals surface area contributed by atoms with Crippen LogP contribution in [0.2, 0.25) is 10.0 Å². The minimum absolute atomic E-state index is 0.334. The first-order valence-corrected chi connectivity index (χ1v) is 10.9. The van der Waals surface area contributed by atoms with E-state index in [1.165, 1.54) is 11.1 Å². The van der Waals surface area contributed by atoms with Gasteiger partial charge in [-0.3, -0.25) is 0 Å². The third kappa shape index (κ3) is 4.28. The molecule has 0 saturated carbocycles. The summed E-state index contributed by atoms with van der Waals surface area (Å²) >= 11 is 12.0. The summed E-state index contributed by atoms with van der Waals surface area (Å²) in [6, 6.07) is 9.35. The Bertz CT molecular complexity index is 909. The first kappa shape index (κ1) is 21.0. The molecule has 0 bridgehead atoms. The van der Waals surface area contributed by atoms with Crippen LogP contribution in [0.4, 0.5) is 0 Å². The molecule has 156 valence electrons. The van der Waals surface area contributed by atoms with E-state index in [0.29, 0.717) is 23.0 Å². The number of likely N-dealkylation sites (tertiary alicyclic amines) is 1. The number of benzene rings is 2. The van der Waals surface area contributed by atoms with E-state index in [2.05, 4.69) is 24.8 Å². The largest absolute Gasteiger partial charge is 0.487 e. The van der Waals surface area contributed by atoms with E-state index in [-0.39, 0.29) is 5.60 Å². The van der Waals surface area contributed by atoms with Gasteiger partial charge in [0.25, 0.3) is 0 Å². The van der Waals surface area contributed by atoms with Crippen molar-refractivity contribution < 1.29 is 14.9 Å². The lowest BCUT2D eigenvalue weighted by Gasteiger charge is -2.46. The van der Waals surface area contributed by atoms with Gasteiger partial charge in [0.05, 0.1) is 22.3 Å². The molecule has 2 N–H and O–H groups in total. The molecule has 4 nitrogen and oxygen atoms in total. The number of hydrogen-bond donors (Lipinski definition) is 2. The number of β-amino-alcohol motifs (C(OH)–C–C–N with tert-alkyl or cyclic N) is 1. The Morgan fingerprint density at radius 1 is 1.10 bits per heavy atom. The molecule has 1 saturated heterocycles. The molecular weight excluding hydrogens is 409 g/mol. The predicted octanol–water partition coefficient (Wildman–Crippen LogP) is 4.99. The quantitative estimate of drug-likeness (QED) is 0.712. The Morgan fingerprint density at radius 3 is 2.48 bits per heavy atom. The molecular formula is C23H27Cl2NO3. The molecule has 2 aliphatic rings. The zero-order valence-corrected chi connectivity index (χ0v) is 18.3. The number of aryl methyl sites for hydroxylation is 2. The molecule has 1 spiro atoms. The second-order valence-corrected chi connectivity index (χ2v) is 9.28. The van der Waals surface area contributed by atoms with Crippen molar-refractivity contribution in [2.45, 2.75) is 50.9 Å². The van der Waals surface area contributed by atoms with Gasteiger partial charge >= 0.3 is 0 Å². The van der Waals surface area contributed by atoms with E-state index in [0.717, 1.165) is 42.8 Å². The zero-order chi connectivity index (χ0) is 20.8. The number of ether oxygens (including phenoxy) is 1. The molecule has 2 aromatic carbocycles. The fourth-order valence-electron chi connectivity index (χ4n) is 4.42. The van der Waals surface area contributed by atoms with E-state index in [4.69, 9.17) is 27.9 Å². The van der Waals surface area contributed by atoms with Gasteiger partial charge in [-0.05, 0) is 67.6 Å². The lowest BCUT2D eigenvalue weighted by atomic mass is 9.81. The van der Waals surface area contributed by atoms with Crippen molar-refractivity contribution in [1.82, 2.24) is 4.90 Å². The van der Waals surface area contributed by atoms with Crippen LogP contribution < -0.4 is 4.74 Å². The molecule has 29 heavy (non-hydrogen) atoms. The molecule has 0 radical (unpaired) electrons. The van der Waals surface area contributed by atoms with Crippen LogP contribution >= 0.6 is 23.2 Å². The number of aliphatic hydroxyl groups is 2. The Kier molecular flexibility index (Phi) is 5.84. The molecule has 2 aliphatic heterocycles. The van der Waals surface area contributed by atoms with E-state index < -0.39 is 12.2 Å². The molecule has 6 heteroatoms. The molecule has 2 aromatic rings. The summed E-state index contributed by atoms with van der Waals surface area (Å²) in [5, 5.41) is 22.3. The summed E-state index contributed by atoms with van der Waals surface area (Å²) < 4.78 is 6.45. The fourth-order valence-corrected chi connectivity index (χ4v) is 4.72. The maximum absolute atomic E-state index is 10.7. The Balaban J connectivity index is 1.41. The highest BCUT2D eigenvalue weighted by atomic mass is 35.5. The average Bonchev–Trinajstić information content (AvgIpc) is 2.68. The van der Waals surface area contributed by atoms with Crippen molar-refractivity contribution in [3.63, 3.8) is 0 Å². The highest BCUT2D eigenvalue weighted by molar-refractivity contribution is 6.42. The zero-order valence-electron chi connectivity index (χ0n) is 16.8. The second kappa shape index (κ2) is 8.09. The number of rotatable bonds is 3. The molecule has 2 heterocycles. The normalized spacial score (nSPS) is 22.2. The van der Waals surface area contributed by atoms with Gasteiger partial charge < -0.3 is 19.8 Å².